The zero-order chi connectivity index (χ0) is 7.97. The van der Waals surface area contributed by atoms with Crippen molar-refractivity contribution < 1.29 is 0 Å². The molecule has 1 aromatic rings. The zero-order valence-electron chi connectivity index (χ0n) is 6.23. The average molecular weight is 155 g/mol. The van der Waals surface area contributed by atoms with Crippen LogP contribution >= 0.6 is 0 Å². The summed E-state index contributed by atoms with van der Waals surface area (Å²) in [4.78, 5) is 4.24. The van der Waals surface area contributed by atoms with Crippen LogP contribution in [0.5, 0.6) is 0 Å². The van der Waals surface area contributed by atoms with E-state index in [1.54, 1.807) is 12.4 Å². The molecule has 0 fully saturated rings. The summed E-state index contributed by atoms with van der Waals surface area (Å²) in [6, 6.07) is 3.98. The van der Waals surface area contributed by atoms with E-state index in [4.69, 9.17) is 0 Å². The maximum absolute atomic E-state index is 4.24. The maximum Gasteiger partial charge on any atom is 0.0967 e. The van der Waals surface area contributed by atoms with Gasteiger partial charge in [0.25, 0.3) is 0 Å². The molecule has 3 nitrogen and oxygen atoms in total. The molecule has 0 N–H and O–H groups in total. The zero-order valence-corrected chi connectivity index (χ0v) is 6.23. The van der Waals surface area contributed by atoms with Crippen LogP contribution in [0.3, 0.4) is 0 Å². The minimum absolute atomic E-state index is 0.918. The molecule has 56 valence electrons. The molecule has 0 saturated carbocycles. The van der Waals surface area contributed by atoms with Gasteiger partial charge in [-0.2, -0.15) is 10.2 Å². The largest absolute Gasteiger partial charge is 0.255 e. The normalized spacial score (nSPS) is 15.3. The summed E-state index contributed by atoms with van der Waals surface area (Å²) in [6.07, 6.45) is 5.55. The van der Waals surface area contributed by atoms with Crippen molar-refractivity contribution in [1.29, 1.82) is 0 Å². The summed E-state index contributed by atoms with van der Waals surface area (Å²) in [7, 11) is 0. The SMILES string of the molecule is C1=NN=c2ccc3c(c21)N=CC=3. The van der Waals surface area contributed by atoms with Gasteiger partial charge in [-0.05, 0) is 12.1 Å². The number of hydrogen-bond donors (Lipinski definition) is 0. The Morgan fingerprint density at radius 2 is 2.17 bits per heavy atom. The Morgan fingerprint density at radius 3 is 3.17 bits per heavy atom. The minimum atomic E-state index is 0.918. The molecule has 0 radical (unpaired) electrons. The number of fused-ring (bicyclic) bond motifs is 3. The number of hydrogen-bond acceptors (Lipinski definition) is 3. The predicted molar refractivity (Wildman–Crippen MR) is 47.4 cm³/mol. The molecule has 12 heavy (non-hydrogen) atoms. The number of aliphatic imine (C=N–C) groups is 1. The van der Waals surface area contributed by atoms with Crippen molar-refractivity contribution in [1.82, 2.24) is 0 Å². The van der Waals surface area contributed by atoms with E-state index in [-0.39, 0.29) is 0 Å². The van der Waals surface area contributed by atoms with E-state index in [0.29, 0.717) is 0 Å². The Hall–Kier alpha value is -1.77. The van der Waals surface area contributed by atoms with Gasteiger partial charge in [-0.1, -0.05) is 6.07 Å². The molecule has 2 aliphatic heterocycles. The Kier molecular flexibility index (Phi) is 0.913. The molecular formula is C9H5N3. The second kappa shape index (κ2) is 1.88. The molecule has 0 aromatic heterocycles. The van der Waals surface area contributed by atoms with Crippen molar-refractivity contribution in [2.24, 2.45) is 15.2 Å². The molecular weight excluding hydrogens is 150 g/mol. The van der Waals surface area contributed by atoms with E-state index in [2.05, 4.69) is 15.2 Å². The lowest BCUT2D eigenvalue weighted by molar-refractivity contribution is 1.18. The first-order valence-electron chi connectivity index (χ1n) is 3.73. The van der Waals surface area contributed by atoms with Gasteiger partial charge in [0, 0.05) is 17.0 Å². The smallest absolute Gasteiger partial charge is 0.0967 e. The molecule has 0 aliphatic carbocycles. The summed E-state index contributed by atoms with van der Waals surface area (Å²) in [5.74, 6) is 0. The van der Waals surface area contributed by atoms with Crippen LogP contribution in [0.1, 0.15) is 5.56 Å². The van der Waals surface area contributed by atoms with E-state index < -0.39 is 0 Å². The summed E-state index contributed by atoms with van der Waals surface area (Å²) in [5, 5.41) is 9.87. The maximum atomic E-state index is 4.24. The van der Waals surface area contributed by atoms with E-state index in [9.17, 15) is 0 Å². The van der Waals surface area contributed by atoms with E-state index in [0.717, 1.165) is 21.8 Å². The van der Waals surface area contributed by atoms with Crippen molar-refractivity contribution in [3.05, 3.63) is 28.3 Å². The quantitative estimate of drug-likeness (QED) is 0.511. The van der Waals surface area contributed by atoms with Crippen LogP contribution in [0.15, 0.2) is 27.3 Å². The molecule has 1 aromatic carbocycles. The lowest BCUT2D eigenvalue weighted by atomic mass is 10.1. The minimum Gasteiger partial charge on any atom is -0.255 e. The topological polar surface area (TPSA) is 37.1 Å². The molecule has 0 bridgehead atoms. The van der Waals surface area contributed by atoms with Gasteiger partial charge >= 0.3 is 0 Å². The standard InChI is InChI=1S/C9H5N3/c1-2-8-7(5-11-12-8)9-6(1)3-4-10-9/h1-5H. The molecule has 0 amide bonds. The highest BCUT2D eigenvalue weighted by molar-refractivity contribution is 6.00. The summed E-state index contributed by atoms with van der Waals surface area (Å²) < 4.78 is 0. The van der Waals surface area contributed by atoms with Crippen LogP contribution in [-0.2, 0) is 0 Å². The van der Waals surface area contributed by atoms with Gasteiger partial charge in [0.15, 0.2) is 0 Å². The monoisotopic (exact) mass is 155 g/mol. The Morgan fingerprint density at radius 1 is 1.17 bits per heavy atom. The van der Waals surface area contributed by atoms with Crippen molar-refractivity contribution in [3.63, 3.8) is 0 Å². The molecule has 0 atom stereocenters. The third-order valence-electron chi connectivity index (χ3n) is 2.04. The van der Waals surface area contributed by atoms with E-state index >= 15 is 0 Å². The van der Waals surface area contributed by atoms with Crippen molar-refractivity contribution in [3.8, 4) is 0 Å². The number of nitrogens with zero attached hydrogens (tertiary/aromatic N) is 3. The summed E-state index contributed by atoms with van der Waals surface area (Å²) in [5.41, 5.74) is 2.04. The van der Waals surface area contributed by atoms with Crippen molar-refractivity contribution in [2.45, 2.75) is 0 Å². The fraction of sp³-hybridized carbons (Fsp3) is 0. The lowest BCUT2D eigenvalue weighted by Gasteiger charge is -1.93. The number of benzene rings is 1. The molecule has 2 heterocycles. The first-order valence-corrected chi connectivity index (χ1v) is 3.73. The fourth-order valence-corrected chi connectivity index (χ4v) is 1.45. The molecule has 0 unspecified atom stereocenters. The molecule has 3 rings (SSSR count). The summed E-state index contributed by atoms with van der Waals surface area (Å²) >= 11 is 0. The first kappa shape index (κ1) is 5.83. The van der Waals surface area contributed by atoms with Gasteiger partial charge in [-0.15, -0.1) is 0 Å². The molecule has 0 spiro atoms. The molecule has 2 aliphatic rings. The van der Waals surface area contributed by atoms with Gasteiger partial charge in [0.05, 0.1) is 17.3 Å². The van der Waals surface area contributed by atoms with Gasteiger partial charge in [0.1, 0.15) is 0 Å². The first-order chi connectivity index (χ1) is 5.95. The van der Waals surface area contributed by atoms with Gasteiger partial charge in [-0.3, -0.25) is 4.99 Å². The van der Waals surface area contributed by atoms with E-state index in [1.165, 1.54) is 0 Å². The highest BCUT2D eigenvalue weighted by atomic mass is 15.2. The summed E-state index contributed by atoms with van der Waals surface area (Å²) in [6.45, 7) is 0. The highest BCUT2D eigenvalue weighted by Crippen LogP contribution is 2.11. The van der Waals surface area contributed by atoms with Crippen molar-refractivity contribution in [2.75, 3.05) is 0 Å². The molecule has 3 heteroatoms. The lowest BCUT2D eigenvalue weighted by Crippen LogP contribution is -2.11. The predicted octanol–water partition coefficient (Wildman–Crippen LogP) is 0.150. The third kappa shape index (κ3) is 0.580. The van der Waals surface area contributed by atoms with Gasteiger partial charge < -0.3 is 0 Å². The Bertz CT molecular complexity index is 474. The second-order valence-corrected chi connectivity index (χ2v) is 2.73. The van der Waals surface area contributed by atoms with Gasteiger partial charge in [0.2, 0.25) is 0 Å². The van der Waals surface area contributed by atoms with Crippen LogP contribution in [0.2, 0.25) is 0 Å². The Labute approximate surface area is 68.5 Å². The van der Waals surface area contributed by atoms with Crippen LogP contribution in [0.4, 0.5) is 5.69 Å². The van der Waals surface area contributed by atoms with Crippen LogP contribution in [-0.4, -0.2) is 12.4 Å². The van der Waals surface area contributed by atoms with E-state index in [1.807, 2.05) is 18.2 Å². The average Bonchev–Trinajstić information content (AvgIpc) is 2.71. The highest BCUT2D eigenvalue weighted by Gasteiger charge is 2.08. The van der Waals surface area contributed by atoms with Crippen molar-refractivity contribution >= 4 is 24.2 Å². The second-order valence-electron chi connectivity index (χ2n) is 2.73. The number of rotatable bonds is 0. The fourth-order valence-electron chi connectivity index (χ4n) is 1.45. The van der Waals surface area contributed by atoms with Gasteiger partial charge in [-0.25, -0.2) is 0 Å². The van der Waals surface area contributed by atoms with Crippen LogP contribution in [0, 0.1) is 0 Å². The Balaban J connectivity index is 2.57. The molecule has 0 saturated heterocycles. The van der Waals surface area contributed by atoms with Crippen LogP contribution in [0.25, 0.3) is 6.08 Å². The third-order valence-corrected chi connectivity index (χ3v) is 2.04. The van der Waals surface area contributed by atoms with Crippen LogP contribution < -0.4 is 10.6 Å².